The minimum atomic E-state index is -1.18. The highest BCUT2D eigenvalue weighted by Gasteiger charge is 2.48. The summed E-state index contributed by atoms with van der Waals surface area (Å²) < 4.78 is 16.8. The normalized spacial score (nSPS) is 29.2. The zero-order valence-corrected chi connectivity index (χ0v) is 20.6. The van der Waals surface area contributed by atoms with Gasteiger partial charge in [-0.3, -0.25) is 14.4 Å². The topological polar surface area (TPSA) is 163 Å². The van der Waals surface area contributed by atoms with Gasteiger partial charge in [-0.05, 0) is 37.6 Å². The second-order valence-electron chi connectivity index (χ2n) is 9.80. The van der Waals surface area contributed by atoms with Crippen molar-refractivity contribution in [2.24, 2.45) is 11.8 Å². The predicted molar refractivity (Wildman–Crippen MR) is 127 cm³/mol. The monoisotopic (exact) mass is 508 g/mol. The third-order valence-electron chi connectivity index (χ3n) is 6.93. The number of Topliss-reactive ketones (excluding diaryl/α,β-unsaturated/α-hetero) is 2. The summed E-state index contributed by atoms with van der Waals surface area (Å²) in [5.41, 5.74) is 0.340. The minimum Gasteiger partial charge on any atom is -0.494 e. The Kier molecular flexibility index (Phi) is 9.98. The Hall–Kier alpha value is -2.37. The molecule has 36 heavy (non-hydrogen) atoms. The van der Waals surface area contributed by atoms with Gasteiger partial charge in [0.15, 0.2) is 5.78 Å². The fourth-order valence-corrected chi connectivity index (χ4v) is 4.44. The van der Waals surface area contributed by atoms with E-state index in [1.165, 1.54) is 0 Å². The molecule has 1 aromatic rings. The minimum absolute atomic E-state index is 0.00966. The Labute approximate surface area is 210 Å². The van der Waals surface area contributed by atoms with Gasteiger partial charge in [-0.25, -0.2) is 0 Å². The molecule has 0 aliphatic carbocycles. The van der Waals surface area contributed by atoms with E-state index in [1.54, 1.807) is 31.2 Å². The van der Waals surface area contributed by atoms with Gasteiger partial charge in [0.05, 0.1) is 50.2 Å². The first kappa shape index (κ1) is 28.2. The number of epoxide rings is 1. The van der Waals surface area contributed by atoms with Gasteiger partial charge in [-0.15, -0.1) is 0 Å². The molecule has 10 heteroatoms. The van der Waals surface area contributed by atoms with E-state index in [-0.39, 0.29) is 62.2 Å². The molecular weight excluding hydrogens is 472 g/mol. The maximum Gasteiger partial charge on any atom is 0.303 e. The van der Waals surface area contributed by atoms with Crippen LogP contribution >= 0.6 is 0 Å². The van der Waals surface area contributed by atoms with Gasteiger partial charge in [0, 0.05) is 36.7 Å². The smallest absolute Gasteiger partial charge is 0.303 e. The molecule has 2 saturated heterocycles. The Bertz CT molecular complexity index is 898. The third-order valence-corrected chi connectivity index (χ3v) is 6.93. The number of aliphatic hydroxyl groups excluding tert-OH is 3. The molecule has 3 rings (SSSR count). The second kappa shape index (κ2) is 12.7. The fourth-order valence-electron chi connectivity index (χ4n) is 4.44. The summed E-state index contributed by atoms with van der Waals surface area (Å²) in [5.74, 6) is -1.79. The highest BCUT2D eigenvalue weighted by Crippen LogP contribution is 2.37. The number of carboxylic acid groups (broad SMARTS) is 1. The van der Waals surface area contributed by atoms with Crippen molar-refractivity contribution in [3.63, 3.8) is 0 Å². The van der Waals surface area contributed by atoms with Crippen molar-refractivity contribution in [3.05, 3.63) is 29.8 Å². The van der Waals surface area contributed by atoms with Crippen LogP contribution in [0, 0.1) is 11.8 Å². The number of benzene rings is 1. The summed E-state index contributed by atoms with van der Waals surface area (Å²) in [5, 5.41) is 39.4. The molecule has 2 heterocycles. The number of carboxylic acids is 1. The van der Waals surface area contributed by atoms with Crippen molar-refractivity contribution in [2.45, 2.75) is 82.6 Å². The number of carbonyl (C=O) groups excluding carboxylic acids is 2. The maximum absolute atomic E-state index is 12.5. The van der Waals surface area contributed by atoms with Crippen molar-refractivity contribution in [2.75, 3.05) is 13.2 Å². The first-order valence-electron chi connectivity index (χ1n) is 12.4. The van der Waals surface area contributed by atoms with E-state index in [1.807, 2.05) is 6.92 Å². The lowest BCUT2D eigenvalue weighted by molar-refractivity contribution is -0.170. The van der Waals surface area contributed by atoms with Crippen LogP contribution in [0.2, 0.25) is 0 Å². The number of ether oxygens (including phenoxy) is 3. The molecule has 0 bridgehead atoms. The molecule has 2 aliphatic rings. The summed E-state index contributed by atoms with van der Waals surface area (Å²) in [7, 11) is 0. The number of carbonyl (C=O) groups is 3. The van der Waals surface area contributed by atoms with Crippen LogP contribution in [0.4, 0.5) is 0 Å². The standard InChI is InChI=1S/C26H36O10/c1-14(15(2)27)26-22(36-26)12-21-25(33)24(32)17(13-35-21)10-18(28)11-20(29)16-5-7-19(8-6-16)34-9-3-4-23(30)31/h5-8,14-15,17,21-22,24-27,32-33H,3-4,9-13H2,1-2H3,(H,30,31)/t14-,15-,17-,21-,22-,24+,25-,26-/m0/s1. The largest absolute Gasteiger partial charge is 0.494 e. The number of hydrogen-bond donors (Lipinski definition) is 4. The zero-order valence-electron chi connectivity index (χ0n) is 20.6. The molecule has 0 amide bonds. The average molecular weight is 509 g/mol. The third kappa shape index (κ3) is 7.81. The average Bonchev–Trinajstić information content (AvgIpc) is 3.60. The summed E-state index contributed by atoms with van der Waals surface area (Å²) in [4.78, 5) is 35.5. The molecule has 0 unspecified atom stereocenters. The van der Waals surface area contributed by atoms with Crippen molar-refractivity contribution in [1.29, 1.82) is 0 Å². The molecule has 10 nitrogen and oxygen atoms in total. The van der Waals surface area contributed by atoms with E-state index < -0.39 is 36.3 Å². The van der Waals surface area contributed by atoms with E-state index >= 15 is 0 Å². The van der Waals surface area contributed by atoms with E-state index in [0.29, 0.717) is 24.2 Å². The number of ketones is 2. The highest BCUT2D eigenvalue weighted by atomic mass is 16.6. The molecule has 2 fully saturated rings. The van der Waals surface area contributed by atoms with Gasteiger partial charge in [-0.1, -0.05) is 6.92 Å². The second-order valence-corrected chi connectivity index (χ2v) is 9.80. The van der Waals surface area contributed by atoms with E-state index in [9.17, 15) is 29.7 Å². The first-order valence-corrected chi connectivity index (χ1v) is 12.4. The van der Waals surface area contributed by atoms with Crippen molar-refractivity contribution in [3.8, 4) is 5.75 Å². The summed E-state index contributed by atoms with van der Waals surface area (Å²) >= 11 is 0. The quantitative estimate of drug-likeness (QED) is 0.125. The van der Waals surface area contributed by atoms with Crippen molar-refractivity contribution < 1.29 is 49.0 Å². The molecule has 2 aliphatic heterocycles. The lowest BCUT2D eigenvalue weighted by atomic mass is 9.85. The van der Waals surface area contributed by atoms with Gasteiger partial charge >= 0.3 is 5.97 Å². The SMILES string of the molecule is C[C@H]([C@@H]1O[C@H]1C[C@@H]1OC[C@H](CC(=O)CC(=O)c2ccc(OCCCC(=O)O)cc2)[C@@H](O)[C@H]1O)[C@H](C)O. The number of hydrogen-bond acceptors (Lipinski definition) is 9. The number of aliphatic hydroxyl groups is 3. The Morgan fingerprint density at radius 1 is 1.08 bits per heavy atom. The van der Waals surface area contributed by atoms with Crippen LogP contribution in [-0.2, 0) is 19.1 Å². The van der Waals surface area contributed by atoms with Gasteiger partial charge in [0.25, 0.3) is 0 Å². The van der Waals surface area contributed by atoms with Crippen LogP contribution in [0.25, 0.3) is 0 Å². The molecule has 0 aromatic heterocycles. The predicted octanol–water partition coefficient (Wildman–Crippen LogP) is 1.37. The number of rotatable bonds is 14. The Balaban J connectivity index is 1.41. The molecule has 1 aromatic carbocycles. The zero-order chi connectivity index (χ0) is 26.4. The highest BCUT2D eigenvalue weighted by molar-refractivity contribution is 6.08. The van der Waals surface area contributed by atoms with Gasteiger partial charge in [0.2, 0.25) is 0 Å². The molecule has 8 atom stereocenters. The lowest BCUT2D eigenvalue weighted by Crippen LogP contribution is -2.51. The van der Waals surface area contributed by atoms with Crippen molar-refractivity contribution in [1.82, 2.24) is 0 Å². The van der Waals surface area contributed by atoms with Gasteiger partial charge in [0.1, 0.15) is 17.6 Å². The van der Waals surface area contributed by atoms with Crippen LogP contribution in [0.1, 0.15) is 56.3 Å². The van der Waals surface area contributed by atoms with Crippen LogP contribution in [0.15, 0.2) is 24.3 Å². The summed E-state index contributed by atoms with van der Waals surface area (Å²) in [6.07, 6.45) is -3.41. The Morgan fingerprint density at radius 3 is 2.42 bits per heavy atom. The molecule has 0 radical (unpaired) electrons. The lowest BCUT2D eigenvalue weighted by Gasteiger charge is -2.37. The molecule has 4 N–H and O–H groups in total. The fraction of sp³-hybridized carbons (Fsp3) is 0.654. The van der Waals surface area contributed by atoms with E-state index in [2.05, 4.69) is 0 Å². The van der Waals surface area contributed by atoms with Crippen molar-refractivity contribution >= 4 is 17.5 Å². The van der Waals surface area contributed by atoms with Gasteiger partial charge in [-0.2, -0.15) is 0 Å². The van der Waals surface area contributed by atoms with Crippen LogP contribution in [-0.4, -0.2) is 87.8 Å². The first-order chi connectivity index (χ1) is 17.1. The van der Waals surface area contributed by atoms with Gasteiger partial charge < -0.3 is 34.6 Å². The van der Waals surface area contributed by atoms with Crippen LogP contribution in [0.3, 0.4) is 0 Å². The maximum atomic E-state index is 12.5. The summed E-state index contributed by atoms with van der Waals surface area (Å²) in [6, 6.07) is 6.26. The summed E-state index contributed by atoms with van der Waals surface area (Å²) in [6.45, 7) is 3.91. The van der Waals surface area contributed by atoms with E-state index in [4.69, 9.17) is 19.3 Å². The van der Waals surface area contributed by atoms with E-state index in [0.717, 1.165) is 0 Å². The molecule has 0 spiro atoms. The van der Waals surface area contributed by atoms with Crippen LogP contribution < -0.4 is 4.74 Å². The molecule has 200 valence electrons. The molecular formula is C26H36O10. The number of aliphatic carboxylic acids is 1. The van der Waals surface area contributed by atoms with Crippen LogP contribution in [0.5, 0.6) is 5.75 Å². The molecule has 0 saturated carbocycles. The Morgan fingerprint density at radius 2 is 1.78 bits per heavy atom.